The summed E-state index contributed by atoms with van der Waals surface area (Å²) in [6.45, 7) is 0.337. The van der Waals surface area contributed by atoms with Crippen molar-refractivity contribution in [3.63, 3.8) is 0 Å². The molecule has 0 unspecified atom stereocenters. The Labute approximate surface area is 210 Å². The first-order valence-electron chi connectivity index (χ1n) is 10.5. The van der Waals surface area contributed by atoms with Crippen LogP contribution in [-0.4, -0.2) is 31.9 Å². The van der Waals surface area contributed by atoms with E-state index < -0.39 is 11.7 Å². The van der Waals surface area contributed by atoms with E-state index in [1.165, 1.54) is 17.8 Å². The molecule has 1 aliphatic heterocycles. The van der Waals surface area contributed by atoms with E-state index >= 15 is 0 Å². The molecule has 1 N–H and O–H groups in total. The third kappa shape index (κ3) is 5.24. The number of hydrogen-bond acceptors (Lipinski definition) is 7. The lowest BCUT2D eigenvalue weighted by atomic mass is 10.2. The quantitative estimate of drug-likeness (QED) is 0.267. The number of carbonyl (C=O) groups is 1. The average Bonchev–Trinajstić information content (AvgIpc) is 3.45. The van der Waals surface area contributed by atoms with Crippen molar-refractivity contribution in [2.24, 2.45) is 0 Å². The van der Waals surface area contributed by atoms with Crippen LogP contribution in [-0.2, 0) is 23.9 Å². The van der Waals surface area contributed by atoms with Crippen molar-refractivity contribution in [2.75, 3.05) is 16.8 Å². The van der Waals surface area contributed by atoms with Crippen LogP contribution in [0.4, 0.5) is 18.3 Å². The molecule has 0 radical (unpaired) electrons. The molecule has 0 bridgehead atoms. The maximum Gasteiger partial charge on any atom is 0.416 e. The predicted molar refractivity (Wildman–Crippen MR) is 132 cm³/mol. The molecule has 5 rings (SSSR count). The van der Waals surface area contributed by atoms with Gasteiger partial charge in [-0.2, -0.15) is 13.2 Å². The fraction of sp³-hybridized carbons (Fsp3) is 0.217. The Morgan fingerprint density at radius 3 is 2.71 bits per heavy atom. The fourth-order valence-corrected chi connectivity index (χ4v) is 6.36. The number of benzene rings is 2. The molecule has 1 amide bonds. The number of nitrogens with one attached hydrogen (secondary N) is 1. The second kappa shape index (κ2) is 9.67. The van der Waals surface area contributed by atoms with E-state index in [0.717, 1.165) is 52.2 Å². The lowest BCUT2D eigenvalue weighted by molar-refractivity contribution is -0.137. The van der Waals surface area contributed by atoms with E-state index in [1.807, 2.05) is 30.3 Å². The van der Waals surface area contributed by atoms with Gasteiger partial charge in [0.1, 0.15) is 0 Å². The van der Waals surface area contributed by atoms with Crippen LogP contribution in [0.15, 0.2) is 63.4 Å². The van der Waals surface area contributed by atoms with E-state index in [-0.39, 0.29) is 22.4 Å². The van der Waals surface area contributed by atoms with Gasteiger partial charge < -0.3 is 5.32 Å². The van der Waals surface area contributed by atoms with Crippen LogP contribution in [0.25, 0.3) is 10.2 Å². The maximum absolute atomic E-state index is 13.1. The molecule has 0 fully saturated rings. The van der Waals surface area contributed by atoms with Crippen molar-refractivity contribution in [1.29, 1.82) is 0 Å². The first-order valence-corrected chi connectivity index (χ1v) is 13.3. The van der Waals surface area contributed by atoms with Crippen LogP contribution in [0.5, 0.6) is 0 Å². The van der Waals surface area contributed by atoms with Gasteiger partial charge >= 0.3 is 6.18 Å². The fourth-order valence-electron chi connectivity index (χ4n) is 3.58. The molecule has 1 aliphatic rings. The predicted octanol–water partition coefficient (Wildman–Crippen LogP) is 5.30. The number of carbonyl (C=O) groups excluding carboxylic acids is 1. The van der Waals surface area contributed by atoms with Gasteiger partial charge in [-0.25, -0.2) is 9.97 Å². The highest BCUT2D eigenvalue weighted by atomic mass is 32.2. The standard InChI is InChI=1S/C23H17F3N4O2S3/c24-23(25,26)14-6-7-15-17(10-14)35-21(27-15)29-18(31)12-34-22-28-16-8-9-33-19(16)20(32)30(22)11-13-4-2-1-3-5-13/h1-7,10H,8-9,11-12H2,(H,27,29,31). The summed E-state index contributed by atoms with van der Waals surface area (Å²) in [4.78, 5) is 35.3. The van der Waals surface area contributed by atoms with Gasteiger partial charge in [-0.15, -0.1) is 11.8 Å². The van der Waals surface area contributed by atoms with E-state index in [4.69, 9.17) is 0 Å². The highest BCUT2D eigenvalue weighted by Gasteiger charge is 2.31. The monoisotopic (exact) mass is 534 g/mol. The number of nitrogens with zero attached hydrogens (tertiary/aromatic N) is 3. The van der Waals surface area contributed by atoms with E-state index in [1.54, 1.807) is 4.57 Å². The van der Waals surface area contributed by atoms with E-state index in [9.17, 15) is 22.8 Å². The van der Waals surface area contributed by atoms with Crippen molar-refractivity contribution < 1.29 is 18.0 Å². The van der Waals surface area contributed by atoms with Gasteiger partial charge in [0.25, 0.3) is 5.56 Å². The van der Waals surface area contributed by atoms with Crippen LogP contribution in [0.2, 0.25) is 0 Å². The number of hydrogen-bond donors (Lipinski definition) is 1. The minimum atomic E-state index is -4.45. The number of aromatic nitrogens is 3. The summed E-state index contributed by atoms with van der Waals surface area (Å²) in [7, 11) is 0. The smallest absolute Gasteiger partial charge is 0.301 e. The first-order chi connectivity index (χ1) is 16.8. The highest BCUT2D eigenvalue weighted by molar-refractivity contribution is 8.00. The van der Waals surface area contributed by atoms with Crippen molar-refractivity contribution in [3.05, 3.63) is 75.7 Å². The Morgan fingerprint density at radius 1 is 1.14 bits per heavy atom. The number of rotatable bonds is 6. The van der Waals surface area contributed by atoms with E-state index in [2.05, 4.69) is 15.3 Å². The van der Waals surface area contributed by atoms with Crippen LogP contribution in [0.3, 0.4) is 0 Å². The molecule has 2 aromatic heterocycles. The first kappa shape index (κ1) is 23.9. The summed E-state index contributed by atoms with van der Waals surface area (Å²) in [5.41, 5.74) is 1.19. The highest BCUT2D eigenvalue weighted by Crippen LogP contribution is 2.34. The zero-order valence-electron chi connectivity index (χ0n) is 18.0. The Morgan fingerprint density at radius 2 is 1.94 bits per heavy atom. The largest absolute Gasteiger partial charge is 0.416 e. The van der Waals surface area contributed by atoms with Gasteiger partial charge in [-0.3, -0.25) is 14.2 Å². The molecule has 4 aromatic rings. The van der Waals surface area contributed by atoms with Crippen LogP contribution in [0, 0.1) is 0 Å². The minimum absolute atomic E-state index is 0.0309. The number of thiazole rings is 1. The second-order valence-corrected chi connectivity index (χ2v) is 10.8. The van der Waals surface area contributed by atoms with Crippen molar-refractivity contribution in [3.8, 4) is 0 Å². The summed E-state index contributed by atoms with van der Waals surface area (Å²) in [5.74, 6) is 0.377. The Hall–Kier alpha value is -2.83. The molecule has 35 heavy (non-hydrogen) atoms. The third-order valence-electron chi connectivity index (χ3n) is 5.23. The molecule has 0 saturated carbocycles. The molecule has 6 nitrogen and oxygen atoms in total. The number of alkyl halides is 3. The van der Waals surface area contributed by atoms with Gasteiger partial charge in [0, 0.05) is 12.2 Å². The summed E-state index contributed by atoms with van der Waals surface area (Å²) < 4.78 is 40.8. The third-order valence-corrected chi connectivity index (χ3v) is 8.24. The molecular weight excluding hydrogens is 517 g/mol. The Balaban J connectivity index is 1.33. The van der Waals surface area contributed by atoms with Gasteiger partial charge in [0.2, 0.25) is 5.91 Å². The zero-order chi connectivity index (χ0) is 24.6. The maximum atomic E-state index is 13.1. The lowest BCUT2D eigenvalue weighted by Gasteiger charge is -2.13. The van der Waals surface area contributed by atoms with Crippen molar-refractivity contribution >= 4 is 56.1 Å². The van der Waals surface area contributed by atoms with Crippen molar-refractivity contribution in [2.45, 2.75) is 29.2 Å². The number of amides is 1. The summed E-state index contributed by atoms with van der Waals surface area (Å²) in [6, 6.07) is 12.8. The Bertz CT molecular complexity index is 1470. The number of halogens is 3. The molecule has 180 valence electrons. The molecule has 0 aliphatic carbocycles. The zero-order valence-corrected chi connectivity index (χ0v) is 20.4. The minimum Gasteiger partial charge on any atom is -0.301 e. The molecule has 3 heterocycles. The lowest BCUT2D eigenvalue weighted by Crippen LogP contribution is -2.26. The summed E-state index contributed by atoms with van der Waals surface area (Å²) in [5, 5.41) is 3.31. The van der Waals surface area contributed by atoms with Gasteiger partial charge in [-0.05, 0) is 23.8 Å². The van der Waals surface area contributed by atoms with Gasteiger partial charge in [0.15, 0.2) is 10.3 Å². The van der Waals surface area contributed by atoms with Gasteiger partial charge in [-0.1, -0.05) is 53.4 Å². The summed E-state index contributed by atoms with van der Waals surface area (Å²) in [6.07, 6.45) is -3.75. The topological polar surface area (TPSA) is 76.9 Å². The second-order valence-electron chi connectivity index (χ2n) is 7.68. The van der Waals surface area contributed by atoms with E-state index in [0.29, 0.717) is 33.2 Å². The molecule has 0 atom stereocenters. The molecule has 2 aromatic carbocycles. The Kier molecular flexibility index (Phi) is 6.60. The SMILES string of the molecule is O=C(CSc1nc2c(c(=O)n1Cc1ccccc1)SCC2)Nc1nc2ccc(C(F)(F)F)cc2s1. The molecular formula is C23H17F3N4O2S3. The molecule has 0 saturated heterocycles. The van der Waals surface area contributed by atoms with Crippen molar-refractivity contribution in [1.82, 2.24) is 14.5 Å². The normalized spacial score (nSPS) is 13.2. The number of anilines is 1. The number of thioether (sulfide) groups is 2. The van der Waals surface area contributed by atoms with Gasteiger partial charge in [0.05, 0.1) is 38.7 Å². The number of aryl methyl sites for hydroxylation is 1. The number of fused-ring (bicyclic) bond motifs is 2. The molecule has 0 spiro atoms. The van der Waals surface area contributed by atoms with Crippen LogP contribution in [0.1, 0.15) is 16.8 Å². The molecule has 12 heteroatoms. The van der Waals surface area contributed by atoms with Crippen LogP contribution < -0.4 is 10.9 Å². The average molecular weight is 535 g/mol. The summed E-state index contributed by atoms with van der Waals surface area (Å²) >= 11 is 3.62. The van der Waals surface area contributed by atoms with Crippen LogP contribution >= 0.6 is 34.9 Å².